The number of aryl methyl sites for hydroxylation is 1. The van der Waals surface area contributed by atoms with Gasteiger partial charge in [-0.2, -0.15) is 5.10 Å². The maximum atomic E-state index is 11.6. The number of rotatable bonds is 4. The summed E-state index contributed by atoms with van der Waals surface area (Å²) in [6.07, 6.45) is 0. The molecule has 0 radical (unpaired) electrons. The highest BCUT2D eigenvalue weighted by Gasteiger charge is 2.18. The van der Waals surface area contributed by atoms with Crippen molar-refractivity contribution in [2.75, 3.05) is 7.11 Å². The van der Waals surface area contributed by atoms with E-state index in [2.05, 4.69) is 5.10 Å². The topological polar surface area (TPSA) is 125 Å². The molecule has 1 heterocycles. The number of nitro benzene ring substituents is 1. The van der Waals surface area contributed by atoms with E-state index in [9.17, 15) is 19.7 Å². The lowest BCUT2D eigenvalue weighted by molar-refractivity contribution is -0.385. The summed E-state index contributed by atoms with van der Waals surface area (Å²) in [7, 11) is 1.30. The molecule has 0 aliphatic carbocycles. The Kier molecular flexibility index (Phi) is 3.89. The van der Waals surface area contributed by atoms with E-state index in [4.69, 9.17) is 9.84 Å². The molecule has 0 bridgehead atoms. The average Bonchev–Trinajstić information content (AvgIpc) is 2.46. The molecule has 1 N–H and O–H groups in total. The molecule has 9 heteroatoms. The number of ether oxygens (including phenoxy) is 1. The number of nitro groups is 1. The van der Waals surface area contributed by atoms with Gasteiger partial charge in [-0.05, 0) is 19.1 Å². The number of aromatic carboxylic acids is 1. The largest absolute Gasteiger partial charge is 0.490 e. The van der Waals surface area contributed by atoms with E-state index in [0.717, 1.165) is 10.7 Å². The number of hydrogen-bond acceptors (Lipinski definition) is 6. The first kappa shape index (κ1) is 15.2. The van der Waals surface area contributed by atoms with Crippen LogP contribution in [0.4, 0.5) is 5.69 Å². The predicted octanol–water partition coefficient (Wildman–Crippen LogP) is 1.16. The number of hydrogen-bond donors (Lipinski definition) is 1. The lowest BCUT2D eigenvalue weighted by atomic mass is 10.2. The molecule has 0 saturated heterocycles. The Labute approximate surface area is 123 Å². The van der Waals surface area contributed by atoms with Crippen molar-refractivity contribution < 1.29 is 19.6 Å². The van der Waals surface area contributed by atoms with Crippen molar-refractivity contribution in [2.24, 2.45) is 0 Å². The lowest BCUT2D eigenvalue weighted by Crippen LogP contribution is -2.22. The van der Waals surface area contributed by atoms with Crippen molar-refractivity contribution in [3.05, 3.63) is 56.0 Å². The van der Waals surface area contributed by atoms with E-state index in [0.29, 0.717) is 5.69 Å². The number of carboxylic acid groups (broad SMARTS) is 1. The number of aromatic nitrogens is 2. The van der Waals surface area contributed by atoms with E-state index >= 15 is 0 Å². The van der Waals surface area contributed by atoms with Crippen LogP contribution in [0.5, 0.6) is 5.75 Å². The Bertz CT molecular complexity index is 827. The van der Waals surface area contributed by atoms with Gasteiger partial charge in [-0.25, -0.2) is 9.48 Å². The van der Waals surface area contributed by atoms with Gasteiger partial charge in [0.25, 0.3) is 0 Å². The Hall–Kier alpha value is -3.23. The Morgan fingerprint density at radius 1 is 1.41 bits per heavy atom. The number of nitrogens with zero attached hydrogens (tertiary/aromatic N) is 3. The van der Waals surface area contributed by atoms with E-state index in [1.54, 1.807) is 0 Å². The Morgan fingerprint density at radius 2 is 2.09 bits per heavy atom. The van der Waals surface area contributed by atoms with Crippen LogP contribution >= 0.6 is 0 Å². The molecule has 0 saturated carbocycles. The molecule has 0 fully saturated rings. The fraction of sp³-hybridized carbons (Fsp3) is 0.154. The van der Waals surface area contributed by atoms with E-state index in [1.165, 1.54) is 32.2 Å². The second-order valence-corrected chi connectivity index (χ2v) is 4.33. The summed E-state index contributed by atoms with van der Waals surface area (Å²) in [5.74, 6) is -1.41. The summed E-state index contributed by atoms with van der Waals surface area (Å²) in [6, 6.07) is 5.14. The van der Waals surface area contributed by atoms with Gasteiger partial charge >= 0.3 is 11.7 Å². The lowest BCUT2D eigenvalue weighted by Gasteiger charge is -2.10. The maximum absolute atomic E-state index is 11.6. The zero-order valence-corrected chi connectivity index (χ0v) is 11.6. The average molecular weight is 305 g/mol. The first-order chi connectivity index (χ1) is 10.3. The quantitative estimate of drug-likeness (QED) is 0.663. The molecule has 0 amide bonds. The summed E-state index contributed by atoms with van der Waals surface area (Å²) in [5.41, 5.74) is -1.10. The Balaban J connectivity index is 2.69. The third kappa shape index (κ3) is 2.64. The van der Waals surface area contributed by atoms with Crippen LogP contribution in [0.1, 0.15) is 16.2 Å². The fourth-order valence-corrected chi connectivity index (χ4v) is 1.91. The highest BCUT2D eigenvalue weighted by molar-refractivity contribution is 5.85. The van der Waals surface area contributed by atoms with E-state index < -0.39 is 22.0 Å². The molecular weight excluding hydrogens is 294 g/mol. The minimum Gasteiger partial charge on any atom is -0.490 e. The molecule has 2 aromatic rings. The molecule has 0 aliphatic rings. The van der Waals surface area contributed by atoms with Gasteiger partial charge in [-0.3, -0.25) is 14.9 Å². The van der Waals surface area contributed by atoms with Crippen LogP contribution in [-0.2, 0) is 0 Å². The van der Waals surface area contributed by atoms with Gasteiger partial charge in [0.05, 0.1) is 17.7 Å². The number of benzene rings is 1. The summed E-state index contributed by atoms with van der Waals surface area (Å²) in [6.45, 7) is 1.54. The molecule has 1 aromatic carbocycles. The van der Waals surface area contributed by atoms with Crippen LogP contribution in [-0.4, -0.2) is 32.9 Å². The van der Waals surface area contributed by atoms with Crippen LogP contribution < -0.4 is 10.2 Å². The summed E-state index contributed by atoms with van der Waals surface area (Å²) < 4.78 is 6.04. The highest BCUT2D eigenvalue weighted by Crippen LogP contribution is 2.29. The van der Waals surface area contributed by atoms with Crippen LogP contribution in [0.25, 0.3) is 5.69 Å². The van der Waals surface area contributed by atoms with Gasteiger partial charge in [0, 0.05) is 17.8 Å². The van der Waals surface area contributed by atoms with Crippen molar-refractivity contribution in [3.63, 3.8) is 0 Å². The Morgan fingerprint density at radius 3 is 2.64 bits per heavy atom. The third-order valence-electron chi connectivity index (χ3n) is 2.91. The van der Waals surface area contributed by atoms with Crippen LogP contribution in [0.15, 0.2) is 29.1 Å². The molecule has 9 nitrogen and oxygen atoms in total. The summed E-state index contributed by atoms with van der Waals surface area (Å²) in [4.78, 5) is 32.9. The molecule has 114 valence electrons. The zero-order valence-electron chi connectivity index (χ0n) is 11.6. The molecular formula is C13H11N3O6. The molecule has 1 aromatic heterocycles. The standard InChI is InChI=1S/C13H11N3O6/c1-7-5-10(17)12(13(18)19)14-15(7)8-3-4-11(22-2)9(6-8)16(20)21/h3-6H,1-2H3,(H,18,19). The molecule has 0 atom stereocenters. The second kappa shape index (κ2) is 5.64. The normalized spacial score (nSPS) is 10.3. The number of carbonyl (C=O) groups is 1. The maximum Gasteiger partial charge on any atom is 0.360 e. The number of methoxy groups -OCH3 is 1. The highest BCUT2D eigenvalue weighted by atomic mass is 16.6. The minimum absolute atomic E-state index is 0.0610. The van der Waals surface area contributed by atoms with Gasteiger partial charge in [0.1, 0.15) is 0 Å². The van der Waals surface area contributed by atoms with Crippen molar-refractivity contribution in [2.45, 2.75) is 6.92 Å². The summed E-state index contributed by atoms with van der Waals surface area (Å²) in [5, 5.41) is 23.7. The number of carboxylic acids is 1. The second-order valence-electron chi connectivity index (χ2n) is 4.33. The van der Waals surface area contributed by atoms with E-state index in [-0.39, 0.29) is 17.1 Å². The van der Waals surface area contributed by atoms with Crippen LogP contribution in [0.3, 0.4) is 0 Å². The van der Waals surface area contributed by atoms with E-state index in [1.807, 2.05) is 0 Å². The minimum atomic E-state index is -1.47. The first-order valence-corrected chi connectivity index (χ1v) is 6.02. The zero-order chi connectivity index (χ0) is 16.4. The van der Waals surface area contributed by atoms with Crippen molar-refractivity contribution in [1.82, 2.24) is 9.78 Å². The van der Waals surface area contributed by atoms with Gasteiger partial charge in [0.15, 0.2) is 5.75 Å². The first-order valence-electron chi connectivity index (χ1n) is 6.02. The van der Waals surface area contributed by atoms with Gasteiger partial charge in [0.2, 0.25) is 11.1 Å². The third-order valence-corrected chi connectivity index (χ3v) is 2.91. The molecule has 2 rings (SSSR count). The SMILES string of the molecule is COc1ccc(-n2nc(C(=O)O)c(=O)cc2C)cc1[N+](=O)[O-]. The summed E-state index contributed by atoms with van der Waals surface area (Å²) >= 11 is 0. The van der Waals surface area contributed by atoms with Crippen LogP contribution in [0, 0.1) is 17.0 Å². The monoisotopic (exact) mass is 305 g/mol. The smallest absolute Gasteiger partial charge is 0.360 e. The van der Waals surface area contributed by atoms with Gasteiger partial charge in [-0.15, -0.1) is 0 Å². The molecule has 0 spiro atoms. The van der Waals surface area contributed by atoms with Crippen molar-refractivity contribution >= 4 is 11.7 Å². The molecule has 22 heavy (non-hydrogen) atoms. The molecule has 0 unspecified atom stereocenters. The predicted molar refractivity (Wildman–Crippen MR) is 74.7 cm³/mol. The van der Waals surface area contributed by atoms with Gasteiger partial charge < -0.3 is 9.84 Å². The van der Waals surface area contributed by atoms with Crippen LogP contribution in [0.2, 0.25) is 0 Å². The van der Waals surface area contributed by atoms with Crippen molar-refractivity contribution in [3.8, 4) is 11.4 Å². The molecule has 0 aliphatic heterocycles. The van der Waals surface area contributed by atoms with Gasteiger partial charge in [-0.1, -0.05) is 0 Å². The fourth-order valence-electron chi connectivity index (χ4n) is 1.91. The van der Waals surface area contributed by atoms with Crippen molar-refractivity contribution in [1.29, 1.82) is 0 Å².